The van der Waals surface area contributed by atoms with Crippen molar-refractivity contribution in [1.29, 1.82) is 0 Å². The van der Waals surface area contributed by atoms with Gasteiger partial charge < -0.3 is 19.2 Å². The van der Waals surface area contributed by atoms with E-state index in [0.717, 1.165) is 56.0 Å². The van der Waals surface area contributed by atoms with E-state index < -0.39 is 0 Å². The van der Waals surface area contributed by atoms with Crippen molar-refractivity contribution in [2.24, 2.45) is 0 Å². The summed E-state index contributed by atoms with van der Waals surface area (Å²) in [6.07, 6.45) is 0.916. The number of benzene rings is 1. The van der Waals surface area contributed by atoms with Gasteiger partial charge in [0.25, 0.3) is 5.91 Å². The van der Waals surface area contributed by atoms with E-state index in [0.29, 0.717) is 17.9 Å². The molecule has 1 N–H and O–H groups in total. The van der Waals surface area contributed by atoms with Gasteiger partial charge in [-0.25, -0.2) is 0 Å². The van der Waals surface area contributed by atoms with Crippen molar-refractivity contribution in [3.8, 4) is 5.75 Å². The highest BCUT2D eigenvalue weighted by molar-refractivity contribution is 5.99. The third-order valence-electron chi connectivity index (χ3n) is 4.39. The van der Waals surface area contributed by atoms with Gasteiger partial charge >= 0.3 is 0 Å². The summed E-state index contributed by atoms with van der Waals surface area (Å²) >= 11 is 0. The first-order chi connectivity index (χ1) is 11.7. The Morgan fingerprint density at radius 3 is 2.88 bits per heavy atom. The summed E-state index contributed by atoms with van der Waals surface area (Å²) in [6.45, 7) is 7.04. The molecule has 1 amide bonds. The number of carbonyl (C=O) groups excluding carboxylic acids is 1. The molecule has 0 unspecified atom stereocenters. The molecule has 3 rings (SSSR count). The van der Waals surface area contributed by atoms with Crippen LogP contribution in [0.1, 0.15) is 22.5 Å². The molecule has 1 aromatic heterocycles. The van der Waals surface area contributed by atoms with Crippen LogP contribution in [0.15, 0.2) is 22.6 Å². The number of fused-ring (bicyclic) bond motifs is 1. The van der Waals surface area contributed by atoms with Crippen LogP contribution in [-0.2, 0) is 4.74 Å². The Labute approximate surface area is 141 Å². The SMILES string of the molecule is COc1ccc2oc(C(=O)NCCCN3CCOCC3)c(C)c2c1. The quantitative estimate of drug-likeness (QED) is 0.822. The van der Waals surface area contributed by atoms with Crippen molar-refractivity contribution in [3.63, 3.8) is 0 Å². The maximum atomic E-state index is 12.4. The predicted octanol–water partition coefficient (Wildman–Crippen LogP) is 2.20. The fourth-order valence-electron chi connectivity index (χ4n) is 2.95. The molecule has 6 heteroatoms. The summed E-state index contributed by atoms with van der Waals surface area (Å²) in [6, 6.07) is 5.55. The Morgan fingerprint density at radius 1 is 1.33 bits per heavy atom. The Hall–Kier alpha value is -2.05. The van der Waals surface area contributed by atoms with Crippen molar-refractivity contribution in [3.05, 3.63) is 29.5 Å². The van der Waals surface area contributed by atoms with Crippen LogP contribution < -0.4 is 10.1 Å². The zero-order chi connectivity index (χ0) is 16.9. The minimum Gasteiger partial charge on any atom is -0.497 e. The first-order valence-corrected chi connectivity index (χ1v) is 8.34. The third kappa shape index (κ3) is 3.71. The lowest BCUT2D eigenvalue weighted by Gasteiger charge is -2.26. The van der Waals surface area contributed by atoms with Crippen molar-refractivity contribution < 1.29 is 18.7 Å². The molecule has 1 aliphatic rings. The Balaban J connectivity index is 1.56. The van der Waals surface area contributed by atoms with Crippen LogP contribution >= 0.6 is 0 Å². The largest absolute Gasteiger partial charge is 0.497 e. The van der Waals surface area contributed by atoms with Gasteiger partial charge in [0.05, 0.1) is 20.3 Å². The molecule has 1 saturated heterocycles. The molecule has 1 aromatic carbocycles. The molecule has 0 atom stereocenters. The molecule has 6 nitrogen and oxygen atoms in total. The summed E-state index contributed by atoms with van der Waals surface area (Å²) in [4.78, 5) is 14.7. The Morgan fingerprint density at radius 2 is 2.12 bits per heavy atom. The standard InChI is InChI=1S/C18H24N2O4/c1-13-15-12-14(22-2)4-5-16(15)24-17(13)18(21)19-6-3-7-20-8-10-23-11-9-20/h4-5,12H,3,6-11H2,1-2H3,(H,19,21). The second-order valence-electron chi connectivity index (χ2n) is 5.98. The fourth-order valence-corrected chi connectivity index (χ4v) is 2.95. The van der Waals surface area contributed by atoms with E-state index in [1.54, 1.807) is 7.11 Å². The summed E-state index contributed by atoms with van der Waals surface area (Å²) in [5.41, 5.74) is 1.54. The zero-order valence-corrected chi connectivity index (χ0v) is 14.3. The van der Waals surface area contributed by atoms with Crippen molar-refractivity contribution in [1.82, 2.24) is 10.2 Å². The molecule has 0 saturated carbocycles. The first-order valence-electron chi connectivity index (χ1n) is 8.34. The summed E-state index contributed by atoms with van der Waals surface area (Å²) in [5.74, 6) is 0.970. The van der Waals surface area contributed by atoms with Gasteiger partial charge in [0.1, 0.15) is 11.3 Å². The predicted molar refractivity (Wildman–Crippen MR) is 91.7 cm³/mol. The Bertz CT molecular complexity index is 704. The first kappa shape index (κ1) is 16.8. The van der Waals surface area contributed by atoms with E-state index in [1.807, 2.05) is 25.1 Å². The monoisotopic (exact) mass is 332 g/mol. The number of ether oxygens (including phenoxy) is 2. The smallest absolute Gasteiger partial charge is 0.287 e. The van der Waals surface area contributed by atoms with Gasteiger partial charge in [-0.15, -0.1) is 0 Å². The van der Waals surface area contributed by atoms with Crippen LogP contribution in [0.2, 0.25) is 0 Å². The lowest BCUT2D eigenvalue weighted by Crippen LogP contribution is -2.38. The van der Waals surface area contributed by atoms with Gasteiger partial charge in [0, 0.05) is 30.6 Å². The number of hydrogen-bond acceptors (Lipinski definition) is 5. The summed E-state index contributed by atoms with van der Waals surface area (Å²) in [7, 11) is 1.62. The summed E-state index contributed by atoms with van der Waals surface area (Å²) in [5, 5.41) is 3.86. The van der Waals surface area contributed by atoms with Crippen LogP contribution in [0.25, 0.3) is 11.0 Å². The Kier molecular flexibility index (Phi) is 5.37. The van der Waals surface area contributed by atoms with Crippen molar-refractivity contribution >= 4 is 16.9 Å². The minimum absolute atomic E-state index is 0.162. The maximum Gasteiger partial charge on any atom is 0.287 e. The summed E-state index contributed by atoms with van der Waals surface area (Å²) < 4.78 is 16.3. The minimum atomic E-state index is -0.162. The number of nitrogens with zero attached hydrogens (tertiary/aromatic N) is 1. The second kappa shape index (κ2) is 7.68. The molecule has 0 aliphatic carbocycles. The topological polar surface area (TPSA) is 63.9 Å². The van der Waals surface area contributed by atoms with E-state index in [1.165, 1.54) is 0 Å². The molecule has 0 spiro atoms. The number of nitrogens with one attached hydrogen (secondary N) is 1. The molecule has 2 aromatic rings. The van der Waals surface area contributed by atoms with Crippen LogP contribution in [-0.4, -0.2) is 57.3 Å². The van der Waals surface area contributed by atoms with Crippen LogP contribution in [0.5, 0.6) is 5.75 Å². The molecule has 1 fully saturated rings. The second-order valence-corrected chi connectivity index (χ2v) is 5.98. The zero-order valence-electron chi connectivity index (χ0n) is 14.3. The van der Waals surface area contributed by atoms with Gasteiger partial charge in [-0.2, -0.15) is 0 Å². The van der Waals surface area contributed by atoms with Crippen molar-refractivity contribution in [2.75, 3.05) is 46.5 Å². The molecule has 24 heavy (non-hydrogen) atoms. The van der Waals surface area contributed by atoms with Crippen LogP contribution in [0.3, 0.4) is 0 Å². The number of morpholine rings is 1. The average Bonchev–Trinajstić information content (AvgIpc) is 2.95. The lowest BCUT2D eigenvalue weighted by atomic mass is 10.1. The van der Waals surface area contributed by atoms with E-state index in [-0.39, 0.29) is 5.91 Å². The maximum absolute atomic E-state index is 12.4. The molecule has 2 heterocycles. The van der Waals surface area contributed by atoms with Gasteiger partial charge in [0.15, 0.2) is 5.76 Å². The number of methoxy groups -OCH3 is 1. The number of carbonyl (C=O) groups is 1. The molecule has 1 aliphatic heterocycles. The number of amides is 1. The molecule has 130 valence electrons. The number of hydrogen-bond donors (Lipinski definition) is 1. The molecule has 0 bridgehead atoms. The molecule has 0 radical (unpaired) electrons. The average molecular weight is 332 g/mol. The van der Waals surface area contributed by atoms with Gasteiger partial charge in [-0.05, 0) is 38.1 Å². The highest BCUT2D eigenvalue weighted by Crippen LogP contribution is 2.28. The fraction of sp³-hybridized carbons (Fsp3) is 0.500. The van der Waals surface area contributed by atoms with Gasteiger partial charge in [-0.1, -0.05) is 0 Å². The van der Waals surface area contributed by atoms with E-state index in [2.05, 4.69) is 10.2 Å². The van der Waals surface area contributed by atoms with Crippen LogP contribution in [0, 0.1) is 6.92 Å². The van der Waals surface area contributed by atoms with Gasteiger partial charge in [0.2, 0.25) is 0 Å². The third-order valence-corrected chi connectivity index (χ3v) is 4.39. The van der Waals surface area contributed by atoms with E-state index >= 15 is 0 Å². The number of rotatable bonds is 6. The normalized spacial score (nSPS) is 15.6. The molecular formula is C18H24N2O4. The highest BCUT2D eigenvalue weighted by Gasteiger charge is 2.18. The number of aryl methyl sites for hydroxylation is 1. The van der Waals surface area contributed by atoms with Crippen molar-refractivity contribution in [2.45, 2.75) is 13.3 Å². The highest BCUT2D eigenvalue weighted by atomic mass is 16.5. The van der Waals surface area contributed by atoms with E-state index in [4.69, 9.17) is 13.9 Å². The lowest BCUT2D eigenvalue weighted by molar-refractivity contribution is 0.0374. The van der Waals surface area contributed by atoms with Crippen LogP contribution in [0.4, 0.5) is 0 Å². The number of furan rings is 1. The van der Waals surface area contributed by atoms with E-state index in [9.17, 15) is 4.79 Å². The molecular weight excluding hydrogens is 308 g/mol. The van der Waals surface area contributed by atoms with Gasteiger partial charge in [-0.3, -0.25) is 9.69 Å².